The van der Waals surface area contributed by atoms with Gasteiger partial charge in [0, 0.05) is 30.6 Å². The number of hydrogen-bond donors (Lipinski definition) is 3. The van der Waals surface area contributed by atoms with Crippen LogP contribution in [0.5, 0.6) is 0 Å². The molecule has 1 aromatic heterocycles. The molecule has 0 bridgehead atoms. The van der Waals surface area contributed by atoms with Crippen LogP contribution >= 0.6 is 35.3 Å². The van der Waals surface area contributed by atoms with Gasteiger partial charge in [0.05, 0.1) is 19.3 Å². The van der Waals surface area contributed by atoms with Gasteiger partial charge in [-0.05, 0) is 69.5 Å². The topological polar surface area (TPSA) is 69.1 Å². The minimum atomic E-state index is -0.547. The summed E-state index contributed by atoms with van der Waals surface area (Å²) in [7, 11) is 2.23. The standard InChI is InChI=1S/C21H36N4O2S.HI/c1-3-22-21(24-13-18(26)15-27-14-16-8-9-16)23-12-17-6-4-10-25(2)20(17)19-7-5-11-28-19;/h5,7,11,16-18,20,26H,3-4,6,8-10,12-15H2,1-2H3,(H2,22,23,24);1H. The number of piperidine rings is 1. The molecule has 2 heterocycles. The molecule has 1 aliphatic heterocycles. The molecule has 0 amide bonds. The number of aliphatic hydroxyl groups excluding tert-OH is 1. The summed E-state index contributed by atoms with van der Waals surface area (Å²) in [5, 5.41) is 19.1. The van der Waals surface area contributed by atoms with Gasteiger partial charge >= 0.3 is 0 Å². The van der Waals surface area contributed by atoms with Crippen LogP contribution in [0.1, 0.15) is 43.5 Å². The van der Waals surface area contributed by atoms with Gasteiger partial charge in [-0.25, -0.2) is 0 Å². The molecule has 6 nitrogen and oxygen atoms in total. The average Bonchev–Trinajstić information content (AvgIpc) is 3.35. The van der Waals surface area contributed by atoms with E-state index in [9.17, 15) is 5.11 Å². The molecule has 3 atom stereocenters. The molecule has 2 fully saturated rings. The Bertz CT molecular complexity index is 598. The van der Waals surface area contributed by atoms with Crippen molar-refractivity contribution in [3.05, 3.63) is 22.4 Å². The number of nitrogens with zero attached hydrogens (tertiary/aromatic N) is 2. The first-order valence-electron chi connectivity index (χ1n) is 10.7. The number of aliphatic imine (C=N–C) groups is 1. The van der Waals surface area contributed by atoms with Gasteiger partial charge in [0.15, 0.2) is 5.96 Å². The zero-order chi connectivity index (χ0) is 19.8. The quantitative estimate of drug-likeness (QED) is 0.244. The van der Waals surface area contributed by atoms with Gasteiger partial charge in [-0.15, -0.1) is 35.3 Å². The lowest BCUT2D eigenvalue weighted by atomic mass is 9.88. The number of guanidine groups is 1. The van der Waals surface area contributed by atoms with Gasteiger partial charge < -0.3 is 20.5 Å². The number of nitrogens with one attached hydrogen (secondary N) is 2. The third-order valence-corrected chi connectivity index (χ3v) is 6.48. The molecule has 1 saturated heterocycles. The molecule has 2 aliphatic rings. The minimum Gasteiger partial charge on any atom is -0.389 e. The summed E-state index contributed by atoms with van der Waals surface area (Å²) in [5.74, 6) is 2.05. The smallest absolute Gasteiger partial charge is 0.191 e. The van der Waals surface area contributed by atoms with Crippen LogP contribution in [-0.2, 0) is 4.74 Å². The van der Waals surface area contributed by atoms with Gasteiger partial charge in [-0.3, -0.25) is 9.89 Å². The molecule has 0 radical (unpaired) electrons. The van der Waals surface area contributed by atoms with Crippen molar-refractivity contribution in [2.45, 2.75) is 44.8 Å². The molecule has 29 heavy (non-hydrogen) atoms. The summed E-state index contributed by atoms with van der Waals surface area (Å²) < 4.78 is 5.57. The second-order valence-electron chi connectivity index (χ2n) is 8.08. The van der Waals surface area contributed by atoms with Crippen LogP contribution in [-0.4, -0.2) is 68.5 Å². The van der Waals surface area contributed by atoms with Crippen molar-refractivity contribution in [1.29, 1.82) is 0 Å². The Morgan fingerprint density at radius 2 is 2.21 bits per heavy atom. The maximum absolute atomic E-state index is 10.1. The van der Waals surface area contributed by atoms with Gasteiger partial charge in [0.25, 0.3) is 0 Å². The van der Waals surface area contributed by atoms with Crippen molar-refractivity contribution in [2.75, 3.05) is 46.4 Å². The van der Waals surface area contributed by atoms with Crippen LogP contribution in [0.4, 0.5) is 0 Å². The number of hydrogen-bond acceptors (Lipinski definition) is 5. The molecular formula is C21H37IN4O2S. The zero-order valence-corrected chi connectivity index (χ0v) is 20.8. The number of thiophene rings is 1. The Labute approximate surface area is 196 Å². The first-order chi connectivity index (χ1) is 13.7. The predicted octanol–water partition coefficient (Wildman–Crippen LogP) is 3.09. The van der Waals surface area contributed by atoms with Gasteiger partial charge in [0.2, 0.25) is 0 Å². The number of ether oxygens (including phenoxy) is 1. The third kappa shape index (κ3) is 8.32. The first-order valence-corrected chi connectivity index (χ1v) is 11.6. The molecule has 1 aromatic rings. The Kier molecular flexibility index (Phi) is 11.2. The summed E-state index contributed by atoms with van der Waals surface area (Å²) in [6.45, 7) is 6.41. The second-order valence-corrected chi connectivity index (χ2v) is 9.06. The molecule has 3 rings (SSSR count). The number of likely N-dealkylation sites (tertiary alicyclic amines) is 1. The van der Waals surface area contributed by atoms with Crippen molar-refractivity contribution < 1.29 is 9.84 Å². The fraction of sp³-hybridized carbons (Fsp3) is 0.762. The van der Waals surface area contributed by atoms with E-state index in [1.807, 2.05) is 11.3 Å². The van der Waals surface area contributed by atoms with Gasteiger partial charge in [-0.1, -0.05) is 6.07 Å². The Morgan fingerprint density at radius 3 is 2.90 bits per heavy atom. The third-order valence-electron chi connectivity index (χ3n) is 5.54. The van der Waals surface area contributed by atoms with E-state index in [1.165, 1.54) is 30.6 Å². The number of rotatable bonds is 10. The molecule has 166 valence electrons. The van der Waals surface area contributed by atoms with Crippen LogP contribution < -0.4 is 10.6 Å². The summed E-state index contributed by atoms with van der Waals surface area (Å²) in [4.78, 5) is 8.49. The fourth-order valence-corrected chi connectivity index (χ4v) is 4.84. The van der Waals surface area contributed by atoms with Crippen LogP contribution in [0.3, 0.4) is 0 Å². The maximum Gasteiger partial charge on any atom is 0.191 e. The van der Waals surface area contributed by atoms with E-state index in [1.54, 1.807) is 0 Å². The highest BCUT2D eigenvalue weighted by Gasteiger charge is 2.31. The predicted molar refractivity (Wildman–Crippen MR) is 131 cm³/mol. The zero-order valence-electron chi connectivity index (χ0n) is 17.7. The first kappa shape index (κ1) is 24.8. The minimum absolute atomic E-state index is 0. The summed E-state index contributed by atoms with van der Waals surface area (Å²) in [5.41, 5.74) is 0. The van der Waals surface area contributed by atoms with Crippen LogP contribution in [0, 0.1) is 11.8 Å². The Balaban J connectivity index is 0.00000300. The molecule has 3 N–H and O–H groups in total. The van der Waals surface area contributed by atoms with Gasteiger partial charge in [0.1, 0.15) is 0 Å². The highest BCUT2D eigenvalue weighted by Crippen LogP contribution is 2.36. The van der Waals surface area contributed by atoms with E-state index >= 15 is 0 Å². The molecule has 1 aliphatic carbocycles. The molecule has 1 saturated carbocycles. The van der Waals surface area contributed by atoms with Gasteiger partial charge in [-0.2, -0.15) is 0 Å². The Morgan fingerprint density at radius 1 is 1.38 bits per heavy atom. The highest BCUT2D eigenvalue weighted by atomic mass is 127. The van der Waals surface area contributed by atoms with Crippen molar-refractivity contribution in [3.63, 3.8) is 0 Å². The van der Waals surface area contributed by atoms with Crippen LogP contribution in [0.15, 0.2) is 22.5 Å². The molecule has 3 unspecified atom stereocenters. The lowest BCUT2D eigenvalue weighted by molar-refractivity contribution is 0.0368. The van der Waals surface area contributed by atoms with Crippen molar-refractivity contribution >= 4 is 41.3 Å². The molecular weight excluding hydrogens is 499 g/mol. The number of halogens is 1. The molecule has 0 aromatic carbocycles. The van der Waals surface area contributed by atoms with E-state index in [4.69, 9.17) is 4.74 Å². The monoisotopic (exact) mass is 536 g/mol. The van der Waals surface area contributed by atoms with E-state index < -0.39 is 6.10 Å². The average molecular weight is 537 g/mol. The summed E-state index contributed by atoms with van der Waals surface area (Å²) >= 11 is 1.85. The van der Waals surface area contributed by atoms with Crippen molar-refractivity contribution in [3.8, 4) is 0 Å². The lowest BCUT2D eigenvalue weighted by Crippen LogP contribution is -2.45. The maximum atomic E-state index is 10.1. The van der Waals surface area contributed by atoms with Crippen molar-refractivity contribution in [1.82, 2.24) is 15.5 Å². The second kappa shape index (κ2) is 13.1. The van der Waals surface area contributed by atoms with E-state index in [2.05, 4.69) is 52.0 Å². The SMILES string of the molecule is CCNC(=NCC(O)COCC1CC1)NCC1CCCN(C)C1c1cccs1.I. The normalized spacial score (nSPS) is 24.0. The van der Waals surface area contributed by atoms with Crippen molar-refractivity contribution in [2.24, 2.45) is 16.8 Å². The van der Waals surface area contributed by atoms with E-state index in [-0.39, 0.29) is 24.0 Å². The molecule has 8 heteroatoms. The largest absolute Gasteiger partial charge is 0.389 e. The van der Waals surface area contributed by atoms with E-state index in [0.29, 0.717) is 25.1 Å². The van der Waals surface area contributed by atoms with Crippen LogP contribution in [0.25, 0.3) is 0 Å². The molecule has 0 spiro atoms. The van der Waals surface area contributed by atoms with Crippen LogP contribution in [0.2, 0.25) is 0 Å². The number of aliphatic hydroxyl groups is 1. The summed E-state index contributed by atoms with van der Waals surface area (Å²) in [6, 6.07) is 4.86. The summed E-state index contributed by atoms with van der Waals surface area (Å²) in [6.07, 6.45) is 4.44. The van der Waals surface area contributed by atoms with E-state index in [0.717, 1.165) is 38.1 Å². The Hall–Kier alpha value is -0.420. The fourth-order valence-electron chi connectivity index (χ4n) is 3.86. The highest BCUT2D eigenvalue weighted by molar-refractivity contribution is 14.0. The lowest BCUT2D eigenvalue weighted by Gasteiger charge is -2.39.